The number of nitrogens with zero attached hydrogens (tertiary/aromatic N) is 3. The Morgan fingerprint density at radius 3 is 2.45 bits per heavy atom. The summed E-state index contributed by atoms with van der Waals surface area (Å²) in [6.07, 6.45) is 0.792. The monoisotopic (exact) mass is 411 g/mol. The molecule has 0 radical (unpaired) electrons. The second kappa shape index (κ2) is 9.39. The summed E-state index contributed by atoms with van der Waals surface area (Å²) in [4.78, 5) is 26.0. The van der Waals surface area contributed by atoms with Crippen LogP contribution in [-0.2, 0) is 9.53 Å². The van der Waals surface area contributed by atoms with E-state index in [1.54, 1.807) is 34.8 Å². The van der Waals surface area contributed by atoms with Crippen LogP contribution in [0.1, 0.15) is 23.3 Å². The van der Waals surface area contributed by atoms with E-state index in [4.69, 9.17) is 11.6 Å². The summed E-state index contributed by atoms with van der Waals surface area (Å²) in [5, 5.41) is 5.29. The van der Waals surface area contributed by atoms with E-state index in [9.17, 15) is 9.59 Å². The molecular weight excluding hydrogens is 390 g/mol. The average molecular weight is 412 g/mol. The zero-order valence-electron chi connectivity index (χ0n) is 16.3. The highest BCUT2D eigenvalue weighted by Crippen LogP contribution is 2.24. The molecule has 3 aromatic rings. The summed E-state index contributed by atoms with van der Waals surface area (Å²) in [5.41, 5.74) is 2.78. The lowest BCUT2D eigenvalue weighted by atomic mass is 10.1. The van der Waals surface area contributed by atoms with E-state index in [0.29, 0.717) is 29.4 Å². The van der Waals surface area contributed by atoms with Crippen molar-refractivity contribution in [1.29, 1.82) is 0 Å². The van der Waals surface area contributed by atoms with Crippen molar-refractivity contribution in [2.75, 3.05) is 20.7 Å². The third-order valence-electron chi connectivity index (χ3n) is 4.52. The van der Waals surface area contributed by atoms with Gasteiger partial charge in [-0.2, -0.15) is 5.10 Å². The van der Waals surface area contributed by atoms with E-state index in [1.807, 2.05) is 42.5 Å². The SMILES string of the molecule is COC(=O)CCCN(C)C(=O)c1cc(-c2ccc(Cl)cc2)nn1-c1ccccc1. The van der Waals surface area contributed by atoms with Crippen LogP contribution in [-0.4, -0.2) is 47.3 Å². The Balaban J connectivity index is 1.90. The Labute approximate surface area is 174 Å². The summed E-state index contributed by atoms with van der Waals surface area (Å²) in [7, 11) is 3.07. The fraction of sp³-hybridized carbons (Fsp3) is 0.227. The molecule has 0 N–H and O–H groups in total. The molecule has 0 aliphatic carbocycles. The molecule has 6 nitrogen and oxygen atoms in total. The molecule has 7 heteroatoms. The number of amides is 1. The molecule has 1 amide bonds. The Morgan fingerprint density at radius 2 is 1.79 bits per heavy atom. The number of carbonyl (C=O) groups excluding carboxylic acids is 2. The van der Waals surface area contributed by atoms with Gasteiger partial charge in [-0.05, 0) is 36.8 Å². The molecule has 1 aromatic heterocycles. The molecule has 1 heterocycles. The topological polar surface area (TPSA) is 64.4 Å². The number of methoxy groups -OCH3 is 1. The van der Waals surface area contributed by atoms with Gasteiger partial charge in [-0.15, -0.1) is 0 Å². The molecule has 3 rings (SSSR count). The maximum atomic E-state index is 13.1. The summed E-state index contributed by atoms with van der Waals surface area (Å²) >= 11 is 5.99. The normalized spacial score (nSPS) is 10.6. The third kappa shape index (κ3) is 5.03. The Kier molecular flexibility index (Phi) is 6.67. The van der Waals surface area contributed by atoms with Crippen molar-refractivity contribution in [3.05, 3.63) is 71.4 Å². The minimum absolute atomic E-state index is 0.175. The fourth-order valence-electron chi connectivity index (χ4n) is 2.92. The second-order valence-electron chi connectivity index (χ2n) is 6.58. The number of benzene rings is 2. The van der Waals surface area contributed by atoms with Gasteiger partial charge >= 0.3 is 5.97 Å². The Bertz CT molecular complexity index is 984. The Hall–Kier alpha value is -3.12. The van der Waals surface area contributed by atoms with E-state index in [0.717, 1.165) is 11.3 Å². The van der Waals surface area contributed by atoms with Crippen LogP contribution in [0.15, 0.2) is 60.7 Å². The van der Waals surface area contributed by atoms with Gasteiger partial charge < -0.3 is 9.64 Å². The van der Waals surface area contributed by atoms with Gasteiger partial charge in [0.1, 0.15) is 5.69 Å². The first-order valence-electron chi connectivity index (χ1n) is 9.23. The predicted octanol–water partition coefficient (Wildman–Crippen LogP) is 4.22. The fourth-order valence-corrected chi connectivity index (χ4v) is 3.05. The minimum atomic E-state index is -0.287. The van der Waals surface area contributed by atoms with E-state index in [-0.39, 0.29) is 18.3 Å². The maximum absolute atomic E-state index is 13.1. The second-order valence-corrected chi connectivity index (χ2v) is 7.01. The van der Waals surface area contributed by atoms with Gasteiger partial charge in [0.15, 0.2) is 0 Å². The lowest BCUT2D eigenvalue weighted by molar-refractivity contribution is -0.140. The van der Waals surface area contributed by atoms with Crippen LogP contribution in [0.25, 0.3) is 16.9 Å². The van der Waals surface area contributed by atoms with Gasteiger partial charge in [0.2, 0.25) is 0 Å². The highest BCUT2D eigenvalue weighted by Gasteiger charge is 2.21. The average Bonchev–Trinajstić information content (AvgIpc) is 3.19. The Morgan fingerprint density at radius 1 is 1.10 bits per heavy atom. The number of aromatic nitrogens is 2. The van der Waals surface area contributed by atoms with Crippen molar-refractivity contribution in [3.8, 4) is 16.9 Å². The van der Waals surface area contributed by atoms with Crippen molar-refractivity contribution < 1.29 is 14.3 Å². The molecule has 0 aliphatic rings. The van der Waals surface area contributed by atoms with Crippen LogP contribution in [0.4, 0.5) is 0 Å². The van der Waals surface area contributed by atoms with Crippen molar-refractivity contribution in [2.24, 2.45) is 0 Å². The largest absolute Gasteiger partial charge is 0.469 e. The highest BCUT2D eigenvalue weighted by molar-refractivity contribution is 6.30. The maximum Gasteiger partial charge on any atom is 0.305 e. The van der Waals surface area contributed by atoms with Gasteiger partial charge in [-0.3, -0.25) is 9.59 Å². The molecule has 0 unspecified atom stereocenters. The number of hydrogen-bond acceptors (Lipinski definition) is 4. The molecule has 0 saturated heterocycles. The molecule has 0 bridgehead atoms. The summed E-state index contributed by atoms with van der Waals surface area (Å²) in [6, 6.07) is 18.6. The zero-order valence-corrected chi connectivity index (χ0v) is 17.1. The molecular formula is C22H22ClN3O3. The lowest BCUT2D eigenvalue weighted by Crippen LogP contribution is -2.30. The van der Waals surface area contributed by atoms with Crippen LogP contribution in [0.2, 0.25) is 5.02 Å². The molecule has 150 valence electrons. The van der Waals surface area contributed by atoms with Crippen LogP contribution in [0.3, 0.4) is 0 Å². The quantitative estimate of drug-likeness (QED) is 0.546. The van der Waals surface area contributed by atoms with Gasteiger partial charge in [0, 0.05) is 30.6 Å². The van der Waals surface area contributed by atoms with Crippen LogP contribution >= 0.6 is 11.6 Å². The molecule has 0 saturated carbocycles. The molecule has 29 heavy (non-hydrogen) atoms. The number of hydrogen-bond donors (Lipinski definition) is 0. The van der Waals surface area contributed by atoms with Gasteiger partial charge in [0.25, 0.3) is 5.91 Å². The van der Waals surface area contributed by atoms with Crippen molar-refractivity contribution in [2.45, 2.75) is 12.8 Å². The van der Waals surface area contributed by atoms with Crippen LogP contribution < -0.4 is 0 Å². The van der Waals surface area contributed by atoms with E-state index < -0.39 is 0 Å². The van der Waals surface area contributed by atoms with Crippen molar-refractivity contribution in [3.63, 3.8) is 0 Å². The van der Waals surface area contributed by atoms with Crippen molar-refractivity contribution in [1.82, 2.24) is 14.7 Å². The first kappa shape index (κ1) is 20.6. The van der Waals surface area contributed by atoms with Crippen molar-refractivity contribution >= 4 is 23.5 Å². The van der Waals surface area contributed by atoms with Gasteiger partial charge in [0.05, 0.1) is 18.5 Å². The number of halogens is 1. The number of carbonyl (C=O) groups is 2. The third-order valence-corrected chi connectivity index (χ3v) is 4.77. The van der Waals surface area contributed by atoms with E-state index >= 15 is 0 Å². The first-order chi connectivity index (χ1) is 14.0. The number of para-hydroxylation sites is 1. The molecule has 0 fully saturated rings. The summed E-state index contributed by atoms with van der Waals surface area (Å²) in [5.74, 6) is -0.461. The lowest BCUT2D eigenvalue weighted by Gasteiger charge is -2.17. The highest BCUT2D eigenvalue weighted by atomic mass is 35.5. The molecule has 0 atom stereocenters. The van der Waals surface area contributed by atoms with E-state index in [1.165, 1.54) is 7.11 Å². The van der Waals surface area contributed by atoms with Crippen LogP contribution in [0, 0.1) is 0 Å². The summed E-state index contributed by atoms with van der Waals surface area (Å²) in [6.45, 7) is 0.435. The number of ether oxygens (including phenoxy) is 1. The van der Waals surface area contributed by atoms with E-state index in [2.05, 4.69) is 9.84 Å². The number of rotatable bonds is 7. The smallest absolute Gasteiger partial charge is 0.305 e. The molecule has 0 aliphatic heterocycles. The van der Waals surface area contributed by atoms with Crippen LogP contribution in [0.5, 0.6) is 0 Å². The summed E-state index contributed by atoms with van der Waals surface area (Å²) < 4.78 is 6.29. The standard InChI is InChI=1S/C22H22ClN3O3/c1-25(14-6-9-21(27)29-2)22(28)20-15-19(16-10-12-17(23)13-11-16)24-26(20)18-7-4-3-5-8-18/h3-5,7-8,10-13,15H,6,9,14H2,1-2H3. The first-order valence-corrected chi connectivity index (χ1v) is 9.61. The van der Waals surface area contributed by atoms with Gasteiger partial charge in [-0.25, -0.2) is 4.68 Å². The zero-order chi connectivity index (χ0) is 20.8. The molecule has 2 aromatic carbocycles. The minimum Gasteiger partial charge on any atom is -0.469 e. The molecule has 0 spiro atoms. The van der Waals surface area contributed by atoms with Gasteiger partial charge in [-0.1, -0.05) is 41.9 Å². The predicted molar refractivity (Wildman–Crippen MR) is 112 cm³/mol. The number of esters is 1.